The Hall–Kier alpha value is -2.11. The van der Waals surface area contributed by atoms with Crippen molar-refractivity contribution < 1.29 is 17.6 Å². The Morgan fingerprint density at radius 1 is 1.00 bits per heavy atom. The van der Waals surface area contributed by atoms with Crippen LogP contribution in [0.15, 0.2) is 72.1 Å². The van der Waals surface area contributed by atoms with Gasteiger partial charge in [0.2, 0.25) is 0 Å². The minimum atomic E-state index is -3.94. The van der Waals surface area contributed by atoms with Crippen molar-refractivity contribution in [2.45, 2.75) is 11.3 Å². The van der Waals surface area contributed by atoms with E-state index in [2.05, 4.69) is 10.9 Å². The Morgan fingerprint density at radius 2 is 1.65 bits per heavy atom. The molecule has 0 atom stereocenters. The van der Waals surface area contributed by atoms with Gasteiger partial charge in [-0.05, 0) is 24.6 Å². The van der Waals surface area contributed by atoms with Crippen LogP contribution in [-0.2, 0) is 20.9 Å². The van der Waals surface area contributed by atoms with Gasteiger partial charge in [0.1, 0.15) is 0 Å². The molecule has 0 radical (unpaired) electrons. The summed E-state index contributed by atoms with van der Waals surface area (Å²) in [5.74, 6) is 0.354. The summed E-state index contributed by atoms with van der Waals surface area (Å²) in [6.45, 7) is 3.64. The van der Waals surface area contributed by atoms with Crippen molar-refractivity contribution in [3.63, 3.8) is 0 Å². The summed E-state index contributed by atoms with van der Waals surface area (Å²) >= 11 is 0. The molecule has 0 bridgehead atoms. The van der Waals surface area contributed by atoms with Crippen LogP contribution in [0.25, 0.3) is 0 Å². The Morgan fingerprint density at radius 3 is 2.35 bits per heavy atom. The lowest BCUT2D eigenvalue weighted by atomic mass is 10.1. The minimum Gasteiger partial charge on any atom is -0.320 e. The summed E-state index contributed by atoms with van der Waals surface area (Å²) in [6, 6.07) is 14.8. The number of hydrogen-bond acceptors (Lipinski definition) is 4. The summed E-state index contributed by atoms with van der Waals surface area (Å²) in [4.78, 5) is 5.02. The van der Waals surface area contributed by atoms with Gasteiger partial charge in [0.15, 0.2) is 5.75 Å². The number of allylic oxidation sites excluding steroid dienone is 1. The van der Waals surface area contributed by atoms with E-state index in [1.165, 1.54) is 12.1 Å². The summed E-state index contributed by atoms with van der Waals surface area (Å²) in [7, 11) is -3.94. The van der Waals surface area contributed by atoms with Gasteiger partial charge in [-0.1, -0.05) is 46.8 Å². The van der Waals surface area contributed by atoms with Crippen molar-refractivity contribution in [1.82, 2.24) is 0 Å². The molecule has 0 aromatic heterocycles. The van der Waals surface area contributed by atoms with Gasteiger partial charge in [-0.2, -0.15) is 8.42 Å². The van der Waals surface area contributed by atoms with E-state index in [1.807, 2.05) is 12.1 Å². The van der Waals surface area contributed by atoms with E-state index in [0.29, 0.717) is 12.2 Å². The first-order chi connectivity index (χ1) is 9.63. The van der Waals surface area contributed by atoms with Crippen LogP contribution in [0.5, 0.6) is 5.75 Å². The second-order valence-electron chi connectivity index (χ2n) is 4.02. The largest absolute Gasteiger partial charge is 0.332 e. The second-order valence-corrected chi connectivity index (χ2v) is 5.53. The zero-order valence-electron chi connectivity index (χ0n) is 10.7. The van der Waals surface area contributed by atoms with Crippen molar-refractivity contribution >= 4 is 10.1 Å². The molecule has 0 unspecified atom stereocenters. The van der Waals surface area contributed by atoms with Crippen molar-refractivity contribution in [3.05, 3.63) is 72.8 Å². The average Bonchev–Trinajstić information content (AvgIpc) is 2.48. The third kappa shape index (κ3) is 3.46. The smallest absolute Gasteiger partial charge is 0.320 e. The molecule has 0 aliphatic rings. The second kappa shape index (κ2) is 6.36. The van der Waals surface area contributed by atoms with E-state index >= 15 is 0 Å². The molecule has 0 saturated heterocycles. The molecule has 5 heteroatoms. The van der Waals surface area contributed by atoms with E-state index in [0.717, 1.165) is 5.56 Å². The average molecular weight is 290 g/mol. The highest BCUT2D eigenvalue weighted by molar-refractivity contribution is 7.86. The molecule has 20 heavy (non-hydrogen) atoms. The molecule has 0 spiro atoms. The molecule has 2 rings (SSSR count). The molecule has 0 amide bonds. The predicted octanol–water partition coefficient (Wildman–Crippen LogP) is 3.11. The SMILES string of the molecule is C=CCc1ccccc1OOS(=O)(=O)c1ccccc1. The van der Waals surface area contributed by atoms with Gasteiger partial charge >= 0.3 is 10.1 Å². The molecule has 0 aliphatic carbocycles. The standard InChI is InChI=1S/C15H14O4S/c1-2-8-13-9-6-7-12-15(13)18-19-20(16,17)14-10-4-3-5-11-14/h2-7,9-12H,1,8H2. The van der Waals surface area contributed by atoms with E-state index in [4.69, 9.17) is 4.89 Å². The molecule has 2 aromatic carbocycles. The highest BCUT2D eigenvalue weighted by Crippen LogP contribution is 2.21. The molecular formula is C15H14O4S. The minimum absolute atomic E-state index is 0.0428. The molecule has 104 valence electrons. The fraction of sp³-hybridized carbons (Fsp3) is 0.0667. The number of para-hydroxylation sites is 1. The molecule has 0 heterocycles. The molecule has 0 fully saturated rings. The fourth-order valence-electron chi connectivity index (χ4n) is 1.62. The first-order valence-electron chi connectivity index (χ1n) is 5.98. The summed E-state index contributed by atoms with van der Waals surface area (Å²) in [6.07, 6.45) is 2.26. The third-order valence-corrected chi connectivity index (χ3v) is 3.68. The Balaban J connectivity index is 2.15. The fourth-order valence-corrected chi connectivity index (χ4v) is 2.35. The third-order valence-electron chi connectivity index (χ3n) is 2.58. The van der Waals surface area contributed by atoms with Crippen LogP contribution in [0.2, 0.25) is 0 Å². The van der Waals surface area contributed by atoms with Crippen LogP contribution in [0.3, 0.4) is 0 Å². The normalized spacial score (nSPS) is 11.0. The number of hydrogen-bond donors (Lipinski definition) is 0. The molecular weight excluding hydrogens is 276 g/mol. The van der Waals surface area contributed by atoms with Crippen molar-refractivity contribution in [2.24, 2.45) is 0 Å². The van der Waals surface area contributed by atoms with Crippen molar-refractivity contribution in [3.8, 4) is 5.75 Å². The van der Waals surface area contributed by atoms with Crippen molar-refractivity contribution in [2.75, 3.05) is 0 Å². The monoisotopic (exact) mass is 290 g/mol. The number of benzene rings is 2. The zero-order chi connectivity index (χ0) is 14.4. The molecule has 0 saturated carbocycles. The molecule has 0 aliphatic heterocycles. The maximum Gasteiger partial charge on any atom is 0.332 e. The van der Waals surface area contributed by atoms with Gasteiger partial charge in [-0.15, -0.1) is 6.58 Å². The van der Waals surface area contributed by atoms with Gasteiger partial charge in [0.05, 0.1) is 4.90 Å². The maximum atomic E-state index is 11.9. The van der Waals surface area contributed by atoms with Crippen LogP contribution in [0, 0.1) is 0 Å². The summed E-state index contributed by atoms with van der Waals surface area (Å²) in [5.41, 5.74) is 0.797. The van der Waals surface area contributed by atoms with Crippen LogP contribution in [0.4, 0.5) is 0 Å². The van der Waals surface area contributed by atoms with Crippen LogP contribution < -0.4 is 4.89 Å². The van der Waals surface area contributed by atoms with Crippen molar-refractivity contribution in [1.29, 1.82) is 0 Å². The highest BCUT2D eigenvalue weighted by atomic mass is 32.2. The Labute approximate surface area is 118 Å². The van der Waals surface area contributed by atoms with Crippen LogP contribution in [-0.4, -0.2) is 8.42 Å². The Kier molecular flexibility index (Phi) is 4.55. The van der Waals surface area contributed by atoms with Gasteiger partial charge in [-0.25, -0.2) is 0 Å². The van der Waals surface area contributed by atoms with E-state index in [9.17, 15) is 8.42 Å². The zero-order valence-corrected chi connectivity index (χ0v) is 11.5. The predicted molar refractivity (Wildman–Crippen MR) is 75.7 cm³/mol. The first-order valence-corrected chi connectivity index (χ1v) is 7.39. The van der Waals surface area contributed by atoms with Gasteiger partial charge < -0.3 is 4.89 Å². The van der Waals surface area contributed by atoms with E-state index < -0.39 is 10.1 Å². The topological polar surface area (TPSA) is 52.6 Å². The quantitative estimate of drug-likeness (QED) is 0.466. The highest BCUT2D eigenvalue weighted by Gasteiger charge is 2.17. The van der Waals surface area contributed by atoms with Gasteiger partial charge in [0, 0.05) is 5.56 Å². The lowest BCUT2D eigenvalue weighted by molar-refractivity contribution is -0.0933. The Bertz CT molecular complexity index is 678. The van der Waals surface area contributed by atoms with E-state index in [-0.39, 0.29) is 4.90 Å². The summed E-state index contributed by atoms with van der Waals surface area (Å²) in [5, 5.41) is 0. The maximum absolute atomic E-state index is 11.9. The van der Waals surface area contributed by atoms with Crippen LogP contribution >= 0.6 is 0 Å². The lowest BCUT2D eigenvalue weighted by Crippen LogP contribution is -2.10. The first kappa shape index (κ1) is 14.3. The van der Waals surface area contributed by atoms with Gasteiger partial charge in [0.25, 0.3) is 0 Å². The van der Waals surface area contributed by atoms with E-state index in [1.54, 1.807) is 36.4 Å². The van der Waals surface area contributed by atoms with Crippen LogP contribution in [0.1, 0.15) is 5.56 Å². The van der Waals surface area contributed by atoms with Gasteiger partial charge in [-0.3, -0.25) is 0 Å². The molecule has 4 nitrogen and oxygen atoms in total. The summed E-state index contributed by atoms with van der Waals surface area (Å²) < 4.78 is 28.4. The molecule has 2 aromatic rings. The molecule has 0 N–H and O–H groups in total. The number of rotatable bonds is 6. The lowest BCUT2D eigenvalue weighted by Gasteiger charge is -2.08.